The number of hydrogen-bond acceptors (Lipinski definition) is 3. The van der Waals surface area contributed by atoms with E-state index >= 15 is 0 Å². The average Bonchev–Trinajstić information content (AvgIpc) is 3.59. The van der Waals surface area contributed by atoms with Gasteiger partial charge in [-0.2, -0.15) is 0 Å². The molecule has 9 rings (SSSR count). The second kappa shape index (κ2) is 13.5. The zero-order chi connectivity index (χ0) is 34.0. The number of thiophene rings is 1. The van der Waals surface area contributed by atoms with Gasteiger partial charge < -0.3 is 9.80 Å². The largest absolute Gasteiger partial charge is 0.311 e. The number of nitrogens with zero attached hydrogens (tertiary/aromatic N) is 2. The fraction of sp³-hybridized carbons (Fsp3) is 0. The Balaban J connectivity index is 1.16. The first kappa shape index (κ1) is 30.6. The van der Waals surface area contributed by atoms with E-state index in [4.69, 9.17) is 0 Å². The molecule has 9 aromatic rings. The van der Waals surface area contributed by atoms with Crippen molar-refractivity contribution in [3.63, 3.8) is 0 Å². The van der Waals surface area contributed by atoms with Crippen LogP contribution in [0, 0.1) is 0 Å². The van der Waals surface area contributed by atoms with Crippen molar-refractivity contribution < 1.29 is 0 Å². The molecule has 0 atom stereocenters. The van der Waals surface area contributed by atoms with Crippen molar-refractivity contribution >= 4 is 65.6 Å². The zero-order valence-corrected chi connectivity index (χ0v) is 28.7. The van der Waals surface area contributed by atoms with E-state index < -0.39 is 0 Å². The van der Waals surface area contributed by atoms with E-state index in [1.807, 2.05) is 11.3 Å². The smallest absolute Gasteiger partial charge is 0.0467 e. The predicted octanol–water partition coefficient (Wildman–Crippen LogP) is 14.3. The van der Waals surface area contributed by atoms with Crippen molar-refractivity contribution in [2.45, 2.75) is 0 Å². The summed E-state index contributed by atoms with van der Waals surface area (Å²) in [5, 5.41) is 2.62. The third-order valence-corrected chi connectivity index (χ3v) is 10.7. The summed E-state index contributed by atoms with van der Waals surface area (Å²) in [6, 6.07) is 73.9. The number of fused-ring (bicyclic) bond motifs is 3. The van der Waals surface area contributed by atoms with Gasteiger partial charge in [-0.15, -0.1) is 11.3 Å². The molecule has 8 aromatic carbocycles. The minimum atomic E-state index is 1.09. The van der Waals surface area contributed by atoms with E-state index in [9.17, 15) is 0 Å². The van der Waals surface area contributed by atoms with Crippen LogP contribution in [0.2, 0.25) is 0 Å². The first-order valence-electron chi connectivity index (χ1n) is 17.3. The molecule has 242 valence electrons. The quantitative estimate of drug-likeness (QED) is 0.159. The lowest BCUT2D eigenvalue weighted by Gasteiger charge is -2.28. The van der Waals surface area contributed by atoms with Gasteiger partial charge in [-0.05, 0) is 101 Å². The van der Waals surface area contributed by atoms with Crippen molar-refractivity contribution in [2.24, 2.45) is 0 Å². The summed E-state index contributed by atoms with van der Waals surface area (Å²) in [5.41, 5.74) is 11.5. The van der Waals surface area contributed by atoms with Crippen LogP contribution in [-0.4, -0.2) is 0 Å². The standard InChI is InChI=1S/C48H34N2S/c1-4-14-35(15-5-1)36-26-28-40(29-27-36)50(42-32-30-41(31-33-42)49(38-17-6-2-7-18-38)39-19-8-3-9-20-39)43-21-12-16-37(34-43)44-23-13-24-46-45-22-10-11-25-47(45)51-48(44)46/h1-34H. The number of anilines is 6. The molecule has 0 aliphatic heterocycles. The molecule has 0 bridgehead atoms. The van der Waals surface area contributed by atoms with Crippen molar-refractivity contribution in [3.05, 3.63) is 206 Å². The van der Waals surface area contributed by atoms with Gasteiger partial charge in [-0.3, -0.25) is 0 Å². The normalized spacial score (nSPS) is 11.1. The average molecular weight is 671 g/mol. The van der Waals surface area contributed by atoms with E-state index in [1.165, 1.54) is 42.4 Å². The number of benzene rings is 8. The van der Waals surface area contributed by atoms with Gasteiger partial charge in [0.25, 0.3) is 0 Å². The Morgan fingerprint density at radius 2 is 0.725 bits per heavy atom. The maximum absolute atomic E-state index is 2.36. The highest BCUT2D eigenvalue weighted by Crippen LogP contribution is 2.43. The molecule has 0 amide bonds. The molecule has 2 nitrogen and oxygen atoms in total. The van der Waals surface area contributed by atoms with Gasteiger partial charge >= 0.3 is 0 Å². The first-order valence-corrected chi connectivity index (χ1v) is 18.1. The Bertz CT molecular complexity index is 2520. The van der Waals surface area contributed by atoms with E-state index in [2.05, 4.69) is 216 Å². The Morgan fingerprint density at radius 1 is 0.294 bits per heavy atom. The van der Waals surface area contributed by atoms with Crippen LogP contribution in [0.4, 0.5) is 34.1 Å². The molecule has 0 saturated carbocycles. The van der Waals surface area contributed by atoms with E-state index in [0.29, 0.717) is 0 Å². The lowest BCUT2D eigenvalue weighted by atomic mass is 10.0. The minimum Gasteiger partial charge on any atom is -0.311 e. The Morgan fingerprint density at radius 3 is 1.37 bits per heavy atom. The summed E-state index contributed by atoms with van der Waals surface area (Å²) >= 11 is 1.87. The number of rotatable bonds is 8. The van der Waals surface area contributed by atoms with Gasteiger partial charge in [0.15, 0.2) is 0 Å². The minimum absolute atomic E-state index is 1.09. The van der Waals surface area contributed by atoms with E-state index in [1.54, 1.807) is 0 Å². The van der Waals surface area contributed by atoms with Gasteiger partial charge in [0.2, 0.25) is 0 Å². The van der Waals surface area contributed by atoms with Crippen LogP contribution in [0.3, 0.4) is 0 Å². The third kappa shape index (κ3) is 5.94. The molecule has 3 heteroatoms. The second-order valence-electron chi connectivity index (χ2n) is 12.6. The first-order chi connectivity index (χ1) is 25.3. The van der Waals surface area contributed by atoms with Crippen LogP contribution in [0.25, 0.3) is 42.4 Å². The molecule has 0 aliphatic carbocycles. The van der Waals surface area contributed by atoms with Crippen LogP contribution in [0.15, 0.2) is 206 Å². The fourth-order valence-corrected chi connectivity index (χ4v) is 8.26. The fourth-order valence-electron chi connectivity index (χ4n) is 7.02. The molecule has 0 aliphatic rings. The highest BCUT2D eigenvalue weighted by molar-refractivity contribution is 7.26. The van der Waals surface area contributed by atoms with Crippen molar-refractivity contribution in [3.8, 4) is 22.3 Å². The van der Waals surface area contributed by atoms with Crippen LogP contribution in [0.1, 0.15) is 0 Å². The van der Waals surface area contributed by atoms with Crippen molar-refractivity contribution in [1.29, 1.82) is 0 Å². The lowest BCUT2D eigenvalue weighted by molar-refractivity contribution is 1.26. The summed E-state index contributed by atoms with van der Waals surface area (Å²) in [6.07, 6.45) is 0. The molecule has 0 unspecified atom stereocenters. The second-order valence-corrected chi connectivity index (χ2v) is 13.7. The molecule has 0 saturated heterocycles. The Labute approximate surface area is 302 Å². The van der Waals surface area contributed by atoms with Gasteiger partial charge in [-0.25, -0.2) is 0 Å². The summed E-state index contributed by atoms with van der Waals surface area (Å²) < 4.78 is 2.64. The molecule has 0 N–H and O–H groups in total. The summed E-state index contributed by atoms with van der Waals surface area (Å²) in [4.78, 5) is 4.66. The monoisotopic (exact) mass is 670 g/mol. The topological polar surface area (TPSA) is 6.48 Å². The number of para-hydroxylation sites is 2. The summed E-state index contributed by atoms with van der Waals surface area (Å²) in [7, 11) is 0. The summed E-state index contributed by atoms with van der Waals surface area (Å²) in [5.74, 6) is 0. The molecular weight excluding hydrogens is 637 g/mol. The molecule has 1 heterocycles. The van der Waals surface area contributed by atoms with Gasteiger partial charge in [-0.1, -0.05) is 127 Å². The third-order valence-electron chi connectivity index (χ3n) is 9.45. The Kier molecular flexibility index (Phi) is 8.09. The Hall–Kier alpha value is -6.42. The van der Waals surface area contributed by atoms with E-state index in [-0.39, 0.29) is 0 Å². The number of hydrogen-bond donors (Lipinski definition) is 0. The highest BCUT2D eigenvalue weighted by atomic mass is 32.1. The molecule has 1 aromatic heterocycles. The van der Waals surface area contributed by atoms with Gasteiger partial charge in [0.1, 0.15) is 0 Å². The highest BCUT2D eigenvalue weighted by Gasteiger charge is 2.18. The predicted molar refractivity (Wildman–Crippen MR) is 220 cm³/mol. The molecular formula is C48H34N2S. The van der Waals surface area contributed by atoms with Crippen LogP contribution in [0.5, 0.6) is 0 Å². The van der Waals surface area contributed by atoms with Crippen molar-refractivity contribution in [1.82, 2.24) is 0 Å². The summed E-state index contributed by atoms with van der Waals surface area (Å²) in [6.45, 7) is 0. The zero-order valence-electron chi connectivity index (χ0n) is 27.9. The molecule has 51 heavy (non-hydrogen) atoms. The van der Waals surface area contributed by atoms with E-state index in [0.717, 1.165) is 34.1 Å². The van der Waals surface area contributed by atoms with Crippen LogP contribution >= 0.6 is 11.3 Å². The molecule has 0 radical (unpaired) electrons. The van der Waals surface area contributed by atoms with Crippen LogP contribution in [-0.2, 0) is 0 Å². The molecule has 0 fully saturated rings. The van der Waals surface area contributed by atoms with Crippen LogP contribution < -0.4 is 9.80 Å². The SMILES string of the molecule is c1ccc(-c2ccc(N(c3ccc(N(c4ccccc4)c4ccccc4)cc3)c3cccc(-c4cccc5c4sc4ccccc45)c3)cc2)cc1. The maximum Gasteiger partial charge on any atom is 0.0467 e. The lowest BCUT2D eigenvalue weighted by Crippen LogP contribution is -2.12. The van der Waals surface area contributed by atoms with Gasteiger partial charge in [0.05, 0.1) is 0 Å². The molecule has 0 spiro atoms. The maximum atomic E-state index is 2.36. The van der Waals surface area contributed by atoms with Gasteiger partial charge in [0, 0.05) is 54.3 Å². The van der Waals surface area contributed by atoms with Crippen molar-refractivity contribution in [2.75, 3.05) is 9.80 Å².